The molecule has 0 saturated heterocycles. The SMILES string of the molecule is N#Cc1ccc(C(=O)CC(=O)C(F)F)cc1. The van der Waals surface area contributed by atoms with Crippen molar-refractivity contribution < 1.29 is 18.4 Å². The molecule has 0 aromatic heterocycles. The van der Waals surface area contributed by atoms with Gasteiger partial charge in [-0.1, -0.05) is 12.1 Å². The summed E-state index contributed by atoms with van der Waals surface area (Å²) in [5.41, 5.74) is 0.504. The van der Waals surface area contributed by atoms with Crippen LogP contribution in [0, 0.1) is 11.3 Å². The van der Waals surface area contributed by atoms with Crippen molar-refractivity contribution in [3.05, 3.63) is 35.4 Å². The summed E-state index contributed by atoms with van der Waals surface area (Å²) in [6, 6.07) is 7.30. The standard InChI is InChI=1S/C11H7F2NO2/c12-11(13)10(16)5-9(15)8-3-1-7(6-14)2-4-8/h1-4,11H,5H2. The number of carbonyl (C=O) groups excluding carboxylic acids is 2. The molecular formula is C11H7F2NO2. The molecule has 0 bridgehead atoms. The number of ketones is 2. The van der Waals surface area contributed by atoms with Gasteiger partial charge in [-0.2, -0.15) is 5.26 Å². The van der Waals surface area contributed by atoms with E-state index in [0.29, 0.717) is 5.56 Å². The second kappa shape index (κ2) is 5.12. The van der Waals surface area contributed by atoms with Crippen molar-refractivity contribution in [1.82, 2.24) is 0 Å². The van der Waals surface area contributed by atoms with Gasteiger partial charge < -0.3 is 0 Å². The van der Waals surface area contributed by atoms with Gasteiger partial charge in [0, 0.05) is 5.56 Å². The predicted molar refractivity (Wildman–Crippen MR) is 51.1 cm³/mol. The maximum Gasteiger partial charge on any atom is 0.296 e. The Bertz CT molecular complexity index is 446. The number of nitrogens with zero attached hydrogens (tertiary/aromatic N) is 1. The molecule has 0 atom stereocenters. The van der Waals surface area contributed by atoms with Gasteiger partial charge in [-0.3, -0.25) is 9.59 Å². The first kappa shape index (κ1) is 12.0. The molecule has 0 heterocycles. The molecular weight excluding hydrogens is 216 g/mol. The number of hydrogen-bond acceptors (Lipinski definition) is 3. The van der Waals surface area contributed by atoms with E-state index in [1.807, 2.05) is 6.07 Å². The van der Waals surface area contributed by atoms with Crippen molar-refractivity contribution in [3.63, 3.8) is 0 Å². The van der Waals surface area contributed by atoms with Crippen molar-refractivity contribution in [2.24, 2.45) is 0 Å². The Morgan fingerprint density at radius 3 is 2.25 bits per heavy atom. The average Bonchev–Trinajstić information content (AvgIpc) is 2.28. The van der Waals surface area contributed by atoms with Gasteiger partial charge in [-0.05, 0) is 12.1 Å². The third-order valence-corrected chi connectivity index (χ3v) is 1.91. The summed E-state index contributed by atoms with van der Waals surface area (Å²) in [4.78, 5) is 21.9. The van der Waals surface area contributed by atoms with E-state index in [9.17, 15) is 18.4 Å². The van der Waals surface area contributed by atoms with E-state index in [2.05, 4.69) is 0 Å². The number of rotatable bonds is 4. The van der Waals surface area contributed by atoms with E-state index < -0.39 is 24.4 Å². The van der Waals surface area contributed by atoms with Crippen LogP contribution in [0.3, 0.4) is 0 Å². The van der Waals surface area contributed by atoms with E-state index >= 15 is 0 Å². The largest absolute Gasteiger partial charge is 0.296 e. The van der Waals surface area contributed by atoms with Crippen LogP contribution >= 0.6 is 0 Å². The fraction of sp³-hybridized carbons (Fsp3) is 0.182. The monoisotopic (exact) mass is 223 g/mol. The van der Waals surface area contributed by atoms with Gasteiger partial charge in [0.1, 0.15) is 0 Å². The summed E-state index contributed by atoms with van der Waals surface area (Å²) in [6.07, 6.45) is -3.94. The highest BCUT2D eigenvalue weighted by Crippen LogP contribution is 2.08. The van der Waals surface area contributed by atoms with Gasteiger partial charge in [0.2, 0.25) is 5.78 Å². The van der Waals surface area contributed by atoms with Crippen LogP contribution in [-0.2, 0) is 4.79 Å². The second-order valence-electron chi connectivity index (χ2n) is 3.06. The predicted octanol–water partition coefficient (Wildman–Crippen LogP) is 1.97. The Kier molecular flexibility index (Phi) is 3.84. The van der Waals surface area contributed by atoms with Crippen LogP contribution in [0.4, 0.5) is 8.78 Å². The van der Waals surface area contributed by atoms with Crippen molar-refractivity contribution in [2.45, 2.75) is 12.8 Å². The molecule has 0 amide bonds. The first-order valence-electron chi connectivity index (χ1n) is 4.39. The van der Waals surface area contributed by atoms with Crippen LogP contribution < -0.4 is 0 Å². The maximum atomic E-state index is 11.9. The molecule has 5 heteroatoms. The van der Waals surface area contributed by atoms with E-state index in [0.717, 1.165) is 0 Å². The van der Waals surface area contributed by atoms with Crippen LogP contribution in [0.15, 0.2) is 24.3 Å². The molecule has 1 rings (SSSR count). The highest BCUT2D eigenvalue weighted by atomic mass is 19.3. The van der Waals surface area contributed by atoms with Gasteiger partial charge in [0.05, 0.1) is 18.1 Å². The normalized spacial score (nSPS) is 9.88. The molecule has 0 unspecified atom stereocenters. The summed E-state index contributed by atoms with van der Waals surface area (Å²) in [5.74, 6) is -2.07. The molecule has 0 aliphatic carbocycles. The van der Waals surface area contributed by atoms with Crippen molar-refractivity contribution in [1.29, 1.82) is 5.26 Å². The topological polar surface area (TPSA) is 57.9 Å². The third kappa shape index (κ3) is 2.95. The van der Waals surface area contributed by atoms with Gasteiger partial charge in [0.25, 0.3) is 6.43 Å². The number of hydrogen-bond donors (Lipinski definition) is 0. The minimum absolute atomic E-state index is 0.146. The number of Topliss-reactive ketones (excluding diaryl/α,β-unsaturated/α-hetero) is 2. The van der Waals surface area contributed by atoms with E-state index in [-0.39, 0.29) is 5.56 Å². The lowest BCUT2D eigenvalue weighted by Crippen LogP contribution is -2.15. The summed E-state index contributed by atoms with van der Waals surface area (Å²) < 4.78 is 23.8. The molecule has 0 spiro atoms. The molecule has 0 fully saturated rings. The van der Waals surface area contributed by atoms with Crippen LogP contribution in [0.2, 0.25) is 0 Å². The molecule has 0 aliphatic rings. The molecule has 1 aromatic carbocycles. The van der Waals surface area contributed by atoms with Gasteiger partial charge in [0.15, 0.2) is 5.78 Å². The van der Waals surface area contributed by atoms with Crippen LogP contribution in [0.25, 0.3) is 0 Å². The zero-order valence-electron chi connectivity index (χ0n) is 8.11. The molecule has 1 aromatic rings. The highest BCUT2D eigenvalue weighted by molar-refractivity contribution is 6.08. The Labute approximate surface area is 90.3 Å². The zero-order valence-corrected chi connectivity index (χ0v) is 8.11. The summed E-state index contributed by atoms with van der Waals surface area (Å²) in [7, 11) is 0. The Hall–Kier alpha value is -2.09. The van der Waals surface area contributed by atoms with Crippen LogP contribution in [0.5, 0.6) is 0 Å². The lowest BCUT2D eigenvalue weighted by atomic mass is 10.0. The average molecular weight is 223 g/mol. The molecule has 0 radical (unpaired) electrons. The Balaban J connectivity index is 2.74. The fourth-order valence-electron chi connectivity index (χ4n) is 1.07. The Morgan fingerprint density at radius 1 is 1.25 bits per heavy atom. The lowest BCUT2D eigenvalue weighted by molar-refractivity contribution is -0.128. The molecule has 3 nitrogen and oxygen atoms in total. The molecule has 82 valence electrons. The lowest BCUT2D eigenvalue weighted by Gasteiger charge is -2.00. The van der Waals surface area contributed by atoms with E-state index in [1.54, 1.807) is 0 Å². The van der Waals surface area contributed by atoms with Crippen molar-refractivity contribution in [2.75, 3.05) is 0 Å². The number of carbonyl (C=O) groups is 2. The minimum Gasteiger partial charge on any atom is -0.294 e. The number of halogens is 2. The second-order valence-corrected chi connectivity index (χ2v) is 3.06. The highest BCUT2D eigenvalue weighted by Gasteiger charge is 2.19. The van der Waals surface area contributed by atoms with Crippen molar-refractivity contribution in [3.8, 4) is 6.07 Å². The number of benzene rings is 1. The Morgan fingerprint density at radius 2 is 1.81 bits per heavy atom. The fourth-order valence-corrected chi connectivity index (χ4v) is 1.07. The third-order valence-electron chi connectivity index (χ3n) is 1.91. The first-order chi connectivity index (χ1) is 7.54. The summed E-state index contributed by atoms with van der Waals surface area (Å²) >= 11 is 0. The summed E-state index contributed by atoms with van der Waals surface area (Å²) in [5, 5.41) is 8.50. The van der Waals surface area contributed by atoms with Gasteiger partial charge in [-0.25, -0.2) is 8.78 Å². The van der Waals surface area contributed by atoms with Crippen LogP contribution in [0.1, 0.15) is 22.3 Å². The van der Waals surface area contributed by atoms with E-state index in [1.165, 1.54) is 24.3 Å². The zero-order chi connectivity index (χ0) is 12.1. The van der Waals surface area contributed by atoms with Gasteiger partial charge in [-0.15, -0.1) is 0 Å². The molecule has 0 N–H and O–H groups in total. The van der Waals surface area contributed by atoms with E-state index in [4.69, 9.17) is 5.26 Å². The van der Waals surface area contributed by atoms with Crippen LogP contribution in [-0.4, -0.2) is 18.0 Å². The molecule has 0 saturated carbocycles. The summed E-state index contributed by atoms with van der Waals surface area (Å²) in [6.45, 7) is 0. The quantitative estimate of drug-likeness (QED) is 0.579. The number of nitriles is 1. The van der Waals surface area contributed by atoms with Gasteiger partial charge >= 0.3 is 0 Å². The molecule has 16 heavy (non-hydrogen) atoms. The maximum absolute atomic E-state index is 11.9. The molecule has 0 aliphatic heterocycles. The van der Waals surface area contributed by atoms with Crippen molar-refractivity contribution >= 4 is 11.6 Å². The smallest absolute Gasteiger partial charge is 0.294 e. The number of alkyl halides is 2. The first-order valence-corrected chi connectivity index (χ1v) is 4.39. The minimum atomic E-state index is -3.12.